The number of benzene rings is 1. The lowest BCUT2D eigenvalue weighted by atomic mass is 9.71. The number of rotatable bonds is 3. The fourth-order valence-electron chi connectivity index (χ4n) is 4.70. The number of carbonyl (C=O) groups is 1. The molecule has 1 aromatic rings. The molecular formula is C21H30ClF3N2O. The lowest BCUT2D eigenvalue weighted by Gasteiger charge is -2.59. The zero-order chi connectivity index (χ0) is 19.9. The first kappa shape index (κ1) is 23.0. The van der Waals surface area contributed by atoms with Crippen molar-refractivity contribution < 1.29 is 18.0 Å². The van der Waals surface area contributed by atoms with Crippen LogP contribution in [0.4, 0.5) is 13.2 Å². The second-order valence-electron chi connectivity index (χ2n) is 8.62. The highest BCUT2D eigenvalue weighted by molar-refractivity contribution is 5.85. The van der Waals surface area contributed by atoms with Gasteiger partial charge in [-0.15, -0.1) is 12.4 Å². The third-order valence-corrected chi connectivity index (χ3v) is 6.65. The predicted octanol–water partition coefficient (Wildman–Crippen LogP) is 5.13. The first-order chi connectivity index (χ1) is 12.6. The summed E-state index contributed by atoms with van der Waals surface area (Å²) in [5.74, 6) is -0.00284. The van der Waals surface area contributed by atoms with E-state index in [0.29, 0.717) is 12.1 Å². The Morgan fingerprint density at radius 2 is 1.57 bits per heavy atom. The molecule has 0 spiro atoms. The fraction of sp³-hybridized carbons (Fsp3) is 0.667. The van der Waals surface area contributed by atoms with Crippen LogP contribution < -0.4 is 0 Å². The first-order valence-corrected chi connectivity index (χ1v) is 9.77. The van der Waals surface area contributed by atoms with E-state index >= 15 is 0 Å². The van der Waals surface area contributed by atoms with Gasteiger partial charge in [-0.3, -0.25) is 9.69 Å². The molecule has 0 saturated carbocycles. The van der Waals surface area contributed by atoms with Gasteiger partial charge in [-0.1, -0.05) is 26.0 Å². The van der Waals surface area contributed by atoms with Crippen LogP contribution in [0.25, 0.3) is 0 Å². The van der Waals surface area contributed by atoms with Crippen LogP contribution in [0.2, 0.25) is 0 Å². The molecule has 28 heavy (non-hydrogen) atoms. The molecule has 1 unspecified atom stereocenters. The topological polar surface area (TPSA) is 23.6 Å². The van der Waals surface area contributed by atoms with E-state index in [-0.39, 0.29) is 35.8 Å². The molecule has 2 saturated heterocycles. The van der Waals surface area contributed by atoms with Crippen molar-refractivity contribution in [2.75, 3.05) is 19.6 Å². The molecule has 0 radical (unpaired) electrons. The SMILES string of the molecule is CC1(C)CCCN(C(=O)Cc2ccc(C(F)(F)F)cc2)C1(C)N1CCCC1.Cl. The molecule has 3 rings (SSSR count). The van der Waals surface area contributed by atoms with Gasteiger partial charge in [0.1, 0.15) is 0 Å². The van der Waals surface area contributed by atoms with Gasteiger partial charge in [-0.05, 0) is 50.3 Å². The molecule has 7 heteroatoms. The number of halogens is 4. The van der Waals surface area contributed by atoms with Crippen molar-refractivity contribution in [2.45, 2.75) is 64.7 Å². The molecule has 0 N–H and O–H groups in total. The minimum atomic E-state index is -4.35. The average Bonchev–Trinajstić information content (AvgIpc) is 3.12. The summed E-state index contributed by atoms with van der Waals surface area (Å²) in [4.78, 5) is 17.6. The van der Waals surface area contributed by atoms with Crippen LogP contribution in [-0.4, -0.2) is 41.0 Å². The molecule has 0 bridgehead atoms. The highest BCUT2D eigenvalue weighted by Gasteiger charge is 2.53. The number of likely N-dealkylation sites (tertiary alicyclic amines) is 2. The van der Waals surface area contributed by atoms with Gasteiger partial charge in [-0.25, -0.2) is 0 Å². The van der Waals surface area contributed by atoms with E-state index in [1.54, 1.807) is 0 Å². The number of piperidine rings is 1. The van der Waals surface area contributed by atoms with Crippen LogP contribution in [0, 0.1) is 5.41 Å². The summed E-state index contributed by atoms with van der Waals surface area (Å²) in [5, 5.41) is 0. The first-order valence-electron chi connectivity index (χ1n) is 9.77. The molecule has 1 aromatic carbocycles. The fourth-order valence-corrected chi connectivity index (χ4v) is 4.70. The van der Waals surface area contributed by atoms with E-state index in [1.807, 2.05) is 4.90 Å². The number of alkyl halides is 3. The normalized spacial score (nSPS) is 25.4. The second-order valence-corrected chi connectivity index (χ2v) is 8.62. The van der Waals surface area contributed by atoms with Crippen LogP contribution in [0.3, 0.4) is 0 Å². The number of hydrogen-bond acceptors (Lipinski definition) is 2. The van der Waals surface area contributed by atoms with Crippen LogP contribution >= 0.6 is 12.4 Å². The molecule has 2 heterocycles. The smallest absolute Gasteiger partial charge is 0.324 e. The van der Waals surface area contributed by atoms with Crippen molar-refractivity contribution in [3.8, 4) is 0 Å². The summed E-state index contributed by atoms with van der Waals surface area (Å²) in [6, 6.07) is 4.96. The quantitative estimate of drug-likeness (QED) is 0.679. The molecule has 1 amide bonds. The van der Waals surface area contributed by atoms with Crippen LogP contribution in [0.15, 0.2) is 24.3 Å². The zero-order valence-corrected chi connectivity index (χ0v) is 17.6. The Bertz CT molecular complexity index is 684. The van der Waals surface area contributed by atoms with Crippen molar-refractivity contribution in [1.82, 2.24) is 9.80 Å². The van der Waals surface area contributed by atoms with Gasteiger partial charge in [0.05, 0.1) is 17.6 Å². The molecule has 158 valence electrons. The largest absolute Gasteiger partial charge is 0.416 e. The third-order valence-electron chi connectivity index (χ3n) is 6.65. The second kappa shape index (κ2) is 8.23. The molecule has 1 atom stereocenters. The molecular weight excluding hydrogens is 389 g/mol. The van der Waals surface area contributed by atoms with E-state index in [2.05, 4.69) is 25.7 Å². The van der Waals surface area contributed by atoms with Crippen molar-refractivity contribution in [1.29, 1.82) is 0 Å². The summed E-state index contributed by atoms with van der Waals surface area (Å²) in [6.07, 6.45) is 0.0872. The van der Waals surface area contributed by atoms with Crippen LogP contribution in [-0.2, 0) is 17.4 Å². The molecule has 2 aliphatic heterocycles. The van der Waals surface area contributed by atoms with Crippen molar-refractivity contribution in [2.24, 2.45) is 5.41 Å². The highest BCUT2D eigenvalue weighted by atomic mass is 35.5. The summed E-state index contributed by atoms with van der Waals surface area (Å²) in [6.45, 7) is 9.30. The van der Waals surface area contributed by atoms with Gasteiger partial charge in [-0.2, -0.15) is 13.2 Å². The number of amides is 1. The Morgan fingerprint density at radius 3 is 2.11 bits per heavy atom. The Labute approximate surface area is 171 Å². The summed E-state index contributed by atoms with van der Waals surface area (Å²) in [7, 11) is 0. The predicted molar refractivity (Wildman–Crippen MR) is 106 cm³/mol. The van der Waals surface area contributed by atoms with Gasteiger partial charge >= 0.3 is 6.18 Å². The lowest BCUT2D eigenvalue weighted by molar-refractivity contribution is -0.171. The van der Waals surface area contributed by atoms with E-state index in [9.17, 15) is 18.0 Å². The Balaban J connectivity index is 0.00000280. The Kier molecular flexibility index (Phi) is 6.76. The van der Waals surface area contributed by atoms with E-state index in [1.165, 1.54) is 12.1 Å². The van der Waals surface area contributed by atoms with E-state index in [0.717, 1.165) is 50.9 Å². The summed E-state index contributed by atoms with van der Waals surface area (Å²) >= 11 is 0. The zero-order valence-electron chi connectivity index (χ0n) is 16.8. The number of carbonyl (C=O) groups excluding carboxylic acids is 1. The van der Waals surface area contributed by atoms with Crippen molar-refractivity contribution in [3.63, 3.8) is 0 Å². The van der Waals surface area contributed by atoms with Gasteiger partial charge in [0.2, 0.25) is 5.91 Å². The van der Waals surface area contributed by atoms with Crippen LogP contribution in [0.1, 0.15) is 57.6 Å². The number of hydrogen-bond donors (Lipinski definition) is 0. The maximum atomic E-state index is 13.2. The maximum absolute atomic E-state index is 13.2. The Hall–Kier alpha value is -1.27. The highest BCUT2D eigenvalue weighted by Crippen LogP contribution is 2.47. The van der Waals surface area contributed by atoms with E-state index < -0.39 is 11.7 Å². The summed E-state index contributed by atoms with van der Waals surface area (Å²) in [5.41, 5.74) is -0.448. The number of nitrogens with zero attached hydrogens (tertiary/aromatic N) is 2. The van der Waals surface area contributed by atoms with Gasteiger partial charge in [0, 0.05) is 25.0 Å². The summed E-state index contributed by atoms with van der Waals surface area (Å²) < 4.78 is 38.3. The molecule has 0 aliphatic carbocycles. The minimum Gasteiger partial charge on any atom is -0.324 e. The van der Waals surface area contributed by atoms with Gasteiger partial charge in [0.15, 0.2) is 0 Å². The standard InChI is InChI=1S/C21H29F3N2O.ClH/c1-19(2)11-6-14-26(20(19,3)25-12-4-5-13-25)18(27)15-16-7-9-17(10-8-16)21(22,23)24;/h7-10H,4-6,11-15H2,1-3H3;1H. The molecule has 3 nitrogen and oxygen atoms in total. The average molecular weight is 419 g/mol. The van der Waals surface area contributed by atoms with Gasteiger partial charge in [0.25, 0.3) is 0 Å². The van der Waals surface area contributed by atoms with Gasteiger partial charge < -0.3 is 4.90 Å². The Morgan fingerprint density at radius 1 is 1.00 bits per heavy atom. The monoisotopic (exact) mass is 418 g/mol. The van der Waals surface area contributed by atoms with E-state index in [4.69, 9.17) is 0 Å². The lowest BCUT2D eigenvalue weighted by Crippen LogP contribution is -2.69. The molecule has 2 aliphatic rings. The molecule has 0 aromatic heterocycles. The molecule has 2 fully saturated rings. The maximum Gasteiger partial charge on any atom is 0.416 e. The third kappa shape index (κ3) is 4.18. The van der Waals surface area contributed by atoms with Crippen molar-refractivity contribution >= 4 is 18.3 Å². The minimum absolute atomic E-state index is 0. The van der Waals surface area contributed by atoms with Crippen molar-refractivity contribution in [3.05, 3.63) is 35.4 Å². The van der Waals surface area contributed by atoms with Crippen LogP contribution in [0.5, 0.6) is 0 Å².